The average molecular weight is 533 g/mol. The number of benzene rings is 3. The molecule has 0 saturated heterocycles. The van der Waals surface area contributed by atoms with Gasteiger partial charge in [-0.25, -0.2) is 4.68 Å². The highest BCUT2D eigenvalue weighted by Crippen LogP contribution is 2.35. The monoisotopic (exact) mass is 532 g/mol. The molecule has 0 aliphatic heterocycles. The molecule has 0 saturated carbocycles. The Hall–Kier alpha value is -3.82. The molecule has 4 aromatic rings. The molecule has 6 nitrogen and oxygen atoms in total. The second-order valence-electron chi connectivity index (χ2n) is 7.68. The van der Waals surface area contributed by atoms with Crippen LogP contribution in [0.4, 0.5) is 24.5 Å². The Balaban J connectivity index is 1.64. The molecule has 11 heteroatoms. The summed E-state index contributed by atoms with van der Waals surface area (Å²) in [7, 11) is 0. The molecule has 3 aromatic carbocycles. The molecule has 0 aliphatic rings. The van der Waals surface area contributed by atoms with E-state index in [1.807, 2.05) is 0 Å². The highest BCUT2D eigenvalue weighted by atomic mass is 35.5. The van der Waals surface area contributed by atoms with Gasteiger partial charge < -0.3 is 10.6 Å². The summed E-state index contributed by atoms with van der Waals surface area (Å²) in [5, 5.41) is 9.47. The Morgan fingerprint density at radius 2 is 1.58 bits per heavy atom. The van der Waals surface area contributed by atoms with E-state index in [1.165, 1.54) is 43.3 Å². The quantitative estimate of drug-likeness (QED) is 0.288. The van der Waals surface area contributed by atoms with Gasteiger partial charge in [0.2, 0.25) is 5.91 Å². The molecule has 1 heterocycles. The van der Waals surface area contributed by atoms with Crippen LogP contribution in [0.1, 0.15) is 23.0 Å². The van der Waals surface area contributed by atoms with E-state index in [1.54, 1.807) is 30.3 Å². The van der Waals surface area contributed by atoms with Crippen LogP contribution in [-0.2, 0) is 11.0 Å². The third-order valence-corrected chi connectivity index (χ3v) is 5.71. The lowest BCUT2D eigenvalue weighted by Gasteiger charge is -2.11. The third kappa shape index (κ3) is 5.53. The van der Waals surface area contributed by atoms with Crippen LogP contribution in [0.25, 0.3) is 16.9 Å². The molecule has 2 N–H and O–H groups in total. The molecule has 184 valence electrons. The predicted molar refractivity (Wildman–Crippen MR) is 133 cm³/mol. The van der Waals surface area contributed by atoms with E-state index < -0.39 is 17.8 Å². The van der Waals surface area contributed by atoms with Crippen LogP contribution in [0.3, 0.4) is 0 Å². The minimum atomic E-state index is -4.66. The minimum absolute atomic E-state index is 0.147. The number of hydrogen-bond donors (Lipinski definition) is 2. The van der Waals surface area contributed by atoms with Gasteiger partial charge in [0.1, 0.15) is 0 Å². The number of carbonyl (C=O) groups is 2. The lowest BCUT2D eigenvalue weighted by Crippen LogP contribution is -2.13. The van der Waals surface area contributed by atoms with Gasteiger partial charge >= 0.3 is 6.18 Å². The van der Waals surface area contributed by atoms with Crippen molar-refractivity contribution in [2.24, 2.45) is 0 Å². The highest BCUT2D eigenvalue weighted by molar-refractivity contribution is 6.34. The Morgan fingerprint density at radius 1 is 0.889 bits per heavy atom. The maximum absolute atomic E-state index is 13.4. The van der Waals surface area contributed by atoms with Gasteiger partial charge in [0.05, 0.1) is 27.1 Å². The minimum Gasteiger partial charge on any atom is -0.326 e. The molecule has 36 heavy (non-hydrogen) atoms. The van der Waals surface area contributed by atoms with Crippen molar-refractivity contribution in [1.29, 1.82) is 0 Å². The number of anilines is 2. The number of para-hydroxylation sites is 1. The number of halogens is 5. The summed E-state index contributed by atoms with van der Waals surface area (Å²) in [5.41, 5.74) is 0.704. The van der Waals surface area contributed by atoms with Gasteiger partial charge in [-0.15, -0.1) is 0 Å². The molecule has 0 unspecified atom stereocenters. The van der Waals surface area contributed by atoms with Crippen LogP contribution in [0.15, 0.2) is 72.8 Å². The van der Waals surface area contributed by atoms with Crippen LogP contribution in [-0.4, -0.2) is 21.6 Å². The van der Waals surface area contributed by atoms with Crippen LogP contribution in [0.2, 0.25) is 10.0 Å². The van der Waals surface area contributed by atoms with Gasteiger partial charge in [0.15, 0.2) is 5.69 Å². The van der Waals surface area contributed by atoms with Crippen molar-refractivity contribution in [3.8, 4) is 16.9 Å². The molecule has 2 amide bonds. The van der Waals surface area contributed by atoms with E-state index in [0.717, 1.165) is 10.7 Å². The number of carbonyl (C=O) groups excluding carboxylic acids is 2. The first-order valence-corrected chi connectivity index (χ1v) is 11.2. The number of hydrogen-bond acceptors (Lipinski definition) is 3. The summed E-state index contributed by atoms with van der Waals surface area (Å²) in [5.74, 6) is -0.783. The van der Waals surface area contributed by atoms with E-state index in [-0.39, 0.29) is 38.6 Å². The van der Waals surface area contributed by atoms with E-state index in [2.05, 4.69) is 15.7 Å². The van der Waals surface area contributed by atoms with Crippen LogP contribution in [0.5, 0.6) is 0 Å². The number of amides is 2. The van der Waals surface area contributed by atoms with E-state index in [9.17, 15) is 22.8 Å². The van der Waals surface area contributed by atoms with Gasteiger partial charge in [-0.2, -0.15) is 18.3 Å². The number of rotatable bonds is 5. The van der Waals surface area contributed by atoms with Crippen molar-refractivity contribution < 1.29 is 22.8 Å². The fraction of sp³-hybridized carbons (Fsp3) is 0.0800. The van der Waals surface area contributed by atoms with Crippen molar-refractivity contribution in [2.45, 2.75) is 13.1 Å². The second-order valence-corrected chi connectivity index (χ2v) is 8.50. The molecule has 0 spiro atoms. The first-order valence-electron chi connectivity index (χ1n) is 10.4. The molecule has 1 aromatic heterocycles. The average Bonchev–Trinajstić information content (AvgIpc) is 3.27. The fourth-order valence-corrected chi connectivity index (χ4v) is 3.80. The summed E-state index contributed by atoms with van der Waals surface area (Å²) >= 11 is 12.4. The zero-order chi connectivity index (χ0) is 26.0. The Morgan fingerprint density at radius 3 is 2.22 bits per heavy atom. The van der Waals surface area contributed by atoms with Gasteiger partial charge in [0, 0.05) is 23.7 Å². The SMILES string of the molecule is CC(=O)Nc1ccc(Cl)c(NC(=O)c2ccc(-c3cc(C(F)(F)F)nn3-c3ccccc3Cl)cc2)c1. The van der Waals surface area contributed by atoms with Crippen molar-refractivity contribution >= 4 is 46.4 Å². The van der Waals surface area contributed by atoms with Crippen molar-refractivity contribution in [1.82, 2.24) is 9.78 Å². The summed E-state index contributed by atoms with van der Waals surface area (Å²) in [6, 6.07) is 17.9. The molecule has 0 radical (unpaired) electrons. The van der Waals surface area contributed by atoms with Crippen LogP contribution in [0, 0.1) is 0 Å². The van der Waals surface area contributed by atoms with E-state index in [0.29, 0.717) is 11.3 Å². The summed E-state index contributed by atoms with van der Waals surface area (Å²) < 4.78 is 41.4. The molecule has 0 aliphatic carbocycles. The summed E-state index contributed by atoms with van der Waals surface area (Å²) in [6.07, 6.45) is -4.66. The largest absolute Gasteiger partial charge is 0.435 e. The van der Waals surface area contributed by atoms with Crippen LogP contribution < -0.4 is 10.6 Å². The third-order valence-electron chi connectivity index (χ3n) is 5.06. The first-order chi connectivity index (χ1) is 17.0. The lowest BCUT2D eigenvalue weighted by molar-refractivity contribution is -0.141. The smallest absolute Gasteiger partial charge is 0.326 e. The number of aromatic nitrogens is 2. The maximum atomic E-state index is 13.4. The normalized spacial score (nSPS) is 11.3. The first kappa shape index (κ1) is 25.3. The maximum Gasteiger partial charge on any atom is 0.435 e. The molecule has 0 fully saturated rings. The van der Waals surface area contributed by atoms with Gasteiger partial charge in [-0.3, -0.25) is 9.59 Å². The van der Waals surface area contributed by atoms with E-state index in [4.69, 9.17) is 23.2 Å². The molecule has 0 atom stereocenters. The van der Waals surface area contributed by atoms with Gasteiger partial charge in [-0.1, -0.05) is 47.5 Å². The Bertz CT molecular complexity index is 1450. The number of alkyl halides is 3. The summed E-state index contributed by atoms with van der Waals surface area (Å²) in [6.45, 7) is 1.35. The molecule has 4 rings (SSSR count). The van der Waals surface area contributed by atoms with Crippen molar-refractivity contribution in [3.05, 3.63) is 94.1 Å². The highest BCUT2D eigenvalue weighted by Gasteiger charge is 2.35. The predicted octanol–water partition coefficient (Wildman–Crippen LogP) is 7.08. The lowest BCUT2D eigenvalue weighted by atomic mass is 10.1. The number of nitrogens with zero attached hydrogens (tertiary/aromatic N) is 2. The van der Waals surface area contributed by atoms with Gasteiger partial charge in [0.25, 0.3) is 5.91 Å². The van der Waals surface area contributed by atoms with Gasteiger partial charge in [-0.05, 0) is 48.5 Å². The molecule has 0 bridgehead atoms. The second kappa shape index (κ2) is 10.0. The van der Waals surface area contributed by atoms with Crippen molar-refractivity contribution in [2.75, 3.05) is 10.6 Å². The molecular formula is C25H17Cl2F3N4O2. The van der Waals surface area contributed by atoms with E-state index >= 15 is 0 Å². The number of nitrogens with one attached hydrogen (secondary N) is 2. The fourth-order valence-electron chi connectivity index (χ4n) is 3.42. The summed E-state index contributed by atoms with van der Waals surface area (Å²) in [4.78, 5) is 24.1. The Kier molecular flexibility index (Phi) is 7.05. The van der Waals surface area contributed by atoms with Crippen LogP contribution >= 0.6 is 23.2 Å². The molecular weight excluding hydrogens is 516 g/mol. The van der Waals surface area contributed by atoms with Crippen molar-refractivity contribution in [3.63, 3.8) is 0 Å². The standard InChI is InChI=1S/C25H17Cl2F3N4O2/c1-14(35)31-17-10-11-18(26)20(12-17)32-24(36)16-8-6-15(7-9-16)22-13-23(25(28,29)30)33-34(22)21-5-3-2-4-19(21)27/h2-13H,1H3,(H,31,35)(H,32,36). The Labute approximate surface area is 213 Å². The topological polar surface area (TPSA) is 76.0 Å². The zero-order valence-electron chi connectivity index (χ0n) is 18.5. The zero-order valence-corrected chi connectivity index (χ0v) is 20.0.